The first-order valence-electron chi connectivity index (χ1n) is 9.24. The highest BCUT2D eigenvalue weighted by Crippen LogP contribution is 2.19. The average molecular weight is 336 g/mol. The molecule has 25 heavy (non-hydrogen) atoms. The number of hydrogen-bond acceptors (Lipinski definition) is 2. The molecule has 0 saturated carbocycles. The molecule has 0 bridgehead atoms. The monoisotopic (exact) mass is 336 g/mol. The van der Waals surface area contributed by atoms with Gasteiger partial charge in [-0.15, -0.1) is 0 Å². The molecule has 0 radical (unpaired) electrons. The van der Waals surface area contributed by atoms with Crippen LogP contribution in [0.15, 0.2) is 60.7 Å². The molecule has 2 rings (SSSR count). The molecule has 2 heteroatoms. The quantitative estimate of drug-likeness (QED) is 0.325. The summed E-state index contributed by atoms with van der Waals surface area (Å²) in [5, 5.41) is 0. The van der Waals surface area contributed by atoms with Gasteiger partial charge >= 0.3 is 0 Å². The summed E-state index contributed by atoms with van der Waals surface area (Å²) in [5.74, 6) is 0.0878. The minimum absolute atomic E-state index is 0.0571. The van der Waals surface area contributed by atoms with Crippen LogP contribution < -0.4 is 0 Å². The molecule has 2 aromatic carbocycles. The number of hydrogen-bond donors (Lipinski definition) is 0. The van der Waals surface area contributed by atoms with E-state index >= 15 is 0 Å². The van der Waals surface area contributed by atoms with Gasteiger partial charge in [0, 0.05) is 12.0 Å². The predicted octanol–water partition coefficient (Wildman–Crippen LogP) is 5.51. The smallest absolute Gasteiger partial charge is 0.173 e. The molecular formula is C23H28O2. The Labute approximate surface area is 151 Å². The van der Waals surface area contributed by atoms with Crippen molar-refractivity contribution in [2.75, 3.05) is 0 Å². The van der Waals surface area contributed by atoms with Gasteiger partial charge in [0.1, 0.15) is 5.78 Å². The van der Waals surface area contributed by atoms with Crippen LogP contribution in [0.5, 0.6) is 0 Å². The Morgan fingerprint density at radius 1 is 0.840 bits per heavy atom. The second-order valence-electron chi connectivity index (χ2n) is 7.08. The van der Waals surface area contributed by atoms with Crippen LogP contribution >= 0.6 is 0 Å². The Morgan fingerprint density at radius 2 is 1.44 bits per heavy atom. The molecule has 0 aliphatic rings. The van der Waals surface area contributed by atoms with Crippen molar-refractivity contribution in [2.24, 2.45) is 11.8 Å². The first-order chi connectivity index (χ1) is 12.1. The molecule has 0 aliphatic carbocycles. The number of ketones is 2. The van der Waals surface area contributed by atoms with Gasteiger partial charge in [-0.2, -0.15) is 0 Å². The third-order valence-electron chi connectivity index (χ3n) is 4.50. The second-order valence-corrected chi connectivity index (χ2v) is 7.08. The lowest BCUT2D eigenvalue weighted by Gasteiger charge is -2.15. The maximum absolute atomic E-state index is 12.9. The number of carbonyl (C=O) groups excluding carboxylic acids is 2. The van der Waals surface area contributed by atoms with E-state index in [0.717, 1.165) is 24.8 Å². The zero-order valence-electron chi connectivity index (χ0n) is 15.3. The van der Waals surface area contributed by atoms with E-state index in [9.17, 15) is 9.59 Å². The average Bonchev–Trinajstić information content (AvgIpc) is 2.64. The SMILES string of the molecule is CC(C)CCCCC(=O)C(Cc1ccccc1)C(=O)c1ccccc1. The van der Waals surface area contributed by atoms with Crippen molar-refractivity contribution in [3.63, 3.8) is 0 Å². The molecule has 2 aromatic rings. The molecule has 132 valence electrons. The van der Waals surface area contributed by atoms with Gasteiger partial charge in [-0.3, -0.25) is 9.59 Å². The lowest BCUT2D eigenvalue weighted by atomic mass is 9.86. The zero-order valence-corrected chi connectivity index (χ0v) is 15.3. The van der Waals surface area contributed by atoms with Crippen molar-refractivity contribution in [3.8, 4) is 0 Å². The van der Waals surface area contributed by atoms with Gasteiger partial charge in [0.05, 0.1) is 5.92 Å². The van der Waals surface area contributed by atoms with Gasteiger partial charge < -0.3 is 0 Å². The molecule has 1 atom stereocenters. The second kappa shape index (κ2) is 9.93. The predicted molar refractivity (Wildman–Crippen MR) is 103 cm³/mol. The van der Waals surface area contributed by atoms with E-state index in [1.807, 2.05) is 48.5 Å². The third-order valence-corrected chi connectivity index (χ3v) is 4.50. The Bertz CT molecular complexity index is 659. The van der Waals surface area contributed by atoms with Crippen molar-refractivity contribution < 1.29 is 9.59 Å². The first kappa shape index (κ1) is 19.1. The van der Waals surface area contributed by atoms with Crippen molar-refractivity contribution >= 4 is 11.6 Å². The van der Waals surface area contributed by atoms with E-state index in [2.05, 4.69) is 13.8 Å². The molecule has 0 saturated heterocycles. The van der Waals surface area contributed by atoms with Gasteiger partial charge in [-0.25, -0.2) is 0 Å². The van der Waals surface area contributed by atoms with E-state index < -0.39 is 5.92 Å². The van der Waals surface area contributed by atoms with Gasteiger partial charge in [-0.1, -0.05) is 87.4 Å². The number of Topliss-reactive ketones (excluding diaryl/α,β-unsaturated/α-hetero) is 2. The fraction of sp³-hybridized carbons (Fsp3) is 0.391. The highest BCUT2D eigenvalue weighted by molar-refractivity contribution is 6.10. The number of benzene rings is 2. The lowest BCUT2D eigenvalue weighted by Crippen LogP contribution is -2.26. The number of unbranched alkanes of at least 4 members (excludes halogenated alkanes) is 1. The first-order valence-corrected chi connectivity index (χ1v) is 9.24. The summed E-state index contributed by atoms with van der Waals surface area (Å²) in [6, 6.07) is 19.0. The summed E-state index contributed by atoms with van der Waals surface area (Å²) in [6.45, 7) is 4.39. The summed E-state index contributed by atoms with van der Waals surface area (Å²) in [7, 11) is 0. The van der Waals surface area contributed by atoms with E-state index in [4.69, 9.17) is 0 Å². The Balaban J connectivity index is 2.08. The molecule has 2 nitrogen and oxygen atoms in total. The van der Waals surface area contributed by atoms with Crippen LogP contribution in [-0.2, 0) is 11.2 Å². The van der Waals surface area contributed by atoms with E-state index in [-0.39, 0.29) is 11.6 Å². The minimum Gasteiger partial charge on any atom is -0.299 e. The molecule has 0 amide bonds. The van der Waals surface area contributed by atoms with Gasteiger partial charge in [0.2, 0.25) is 0 Å². The highest BCUT2D eigenvalue weighted by Gasteiger charge is 2.27. The van der Waals surface area contributed by atoms with Crippen molar-refractivity contribution in [1.29, 1.82) is 0 Å². The number of rotatable bonds is 10. The Morgan fingerprint density at radius 3 is 2.04 bits per heavy atom. The van der Waals surface area contributed by atoms with Crippen LogP contribution in [-0.4, -0.2) is 11.6 Å². The Hall–Kier alpha value is -2.22. The van der Waals surface area contributed by atoms with E-state index in [1.54, 1.807) is 12.1 Å². The topological polar surface area (TPSA) is 34.1 Å². The molecule has 0 spiro atoms. The van der Waals surface area contributed by atoms with Gasteiger partial charge in [0.15, 0.2) is 5.78 Å². The van der Waals surface area contributed by atoms with Crippen molar-refractivity contribution in [1.82, 2.24) is 0 Å². The molecular weight excluding hydrogens is 308 g/mol. The minimum atomic E-state index is -0.580. The van der Waals surface area contributed by atoms with Crippen LogP contribution in [0.3, 0.4) is 0 Å². The summed E-state index contributed by atoms with van der Waals surface area (Å²) >= 11 is 0. The van der Waals surface area contributed by atoms with Crippen LogP contribution in [0.4, 0.5) is 0 Å². The standard InChI is InChI=1S/C23H28O2/c1-18(2)11-9-10-16-22(24)21(17-19-12-5-3-6-13-19)23(25)20-14-7-4-8-15-20/h3-8,12-15,18,21H,9-11,16-17H2,1-2H3. The van der Waals surface area contributed by atoms with Crippen LogP contribution in [0.2, 0.25) is 0 Å². The van der Waals surface area contributed by atoms with Crippen LogP contribution in [0.25, 0.3) is 0 Å². The summed E-state index contributed by atoms with van der Waals surface area (Å²) in [6.07, 6.45) is 4.01. The van der Waals surface area contributed by atoms with Crippen LogP contribution in [0.1, 0.15) is 55.5 Å². The summed E-state index contributed by atoms with van der Waals surface area (Å²) in [4.78, 5) is 25.7. The lowest BCUT2D eigenvalue weighted by molar-refractivity contribution is -0.121. The van der Waals surface area contributed by atoms with E-state index in [1.165, 1.54) is 0 Å². The normalized spacial score (nSPS) is 12.1. The van der Waals surface area contributed by atoms with Crippen molar-refractivity contribution in [3.05, 3.63) is 71.8 Å². The molecule has 0 N–H and O–H groups in total. The fourth-order valence-corrected chi connectivity index (χ4v) is 3.03. The van der Waals surface area contributed by atoms with Gasteiger partial charge in [-0.05, 0) is 24.3 Å². The molecule has 1 unspecified atom stereocenters. The van der Waals surface area contributed by atoms with Crippen molar-refractivity contribution in [2.45, 2.75) is 46.0 Å². The Kier molecular flexibility index (Phi) is 7.59. The molecule has 0 aromatic heterocycles. The fourth-order valence-electron chi connectivity index (χ4n) is 3.03. The summed E-state index contributed by atoms with van der Waals surface area (Å²) in [5.41, 5.74) is 1.66. The molecule has 0 heterocycles. The largest absolute Gasteiger partial charge is 0.299 e. The number of carbonyl (C=O) groups is 2. The van der Waals surface area contributed by atoms with E-state index in [0.29, 0.717) is 24.3 Å². The maximum atomic E-state index is 12.9. The molecule has 0 fully saturated rings. The molecule has 0 aliphatic heterocycles. The summed E-state index contributed by atoms with van der Waals surface area (Å²) < 4.78 is 0. The van der Waals surface area contributed by atoms with Crippen LogP contribution in [0, 0.1) is 11.8 Å². The maximum Gasteiger partial charge on any atom is 0.173 e. The third kappa shape index (κ3) is 6.30. The highest BCUT2D eigenvalue weighted by atomic mass is 16.1. The van der Waals surface area contributed by atoms with Gasteiger partial charge in [0.25, 0.3) is 0 Å². The zero-order chi connectivity index (χ0) is 18.1.